The van der Waals surface area contributed by atoms with Gasteiger partial charge in [-0.25, -0.2) is 4.68 Å². The molecule has 2 rings (SSSR count). The number of hydrogen-bond donors (Lipinski definition) is 1. The van der Waals surface area contributed by atoms with Gasteiger partial charge in [0.1, 0.15) is 12.4 Å². The Bertz CT molecular complexity index is 706. The Balaban J connectivity index is 1.82. The van der Waals surface area contributed by atoms with Gasteiger partial charge in [0.05, 0.1) is 6.67 Å². The third kappa shape index (κ3) is 6.39. The zero-order valence-electron chi connectivity index (χ0n) is 14.4. The van der Waals surface area contributed by atoms with Gasteiger partial charge in [0.25, 0.3) is 0 Å². The average Bonchev–Trinajstić information content (AvgIpc) is 2.78. The molecule has 5 nitrogen and oxygen atoms in total. The number of rotatable bonds is 7. The summed E-state index contributed by atoms with van der Waals surface area (Å²) >= 11 is 12.7. The third-order valence-electron chi connectivity index (χ3n) is 3.02. The fourth-order valence-corrected chi connectivity index (χ4v) is 3.24. The lowest BCUT2D eigenvalue weighted by atomic mass is 10.1. The highest BCUT2D eigenvalue weighted by molar-refractivity contribution is 7.73. The molecule has 132 valence electrons. The van der Waals surface area contributed by atoms with Crippen molar-refractivity contribution in [2.75, 3.05) is 25.5 Å². The SMILES string of the molecule is CN(CCOc1ccc(Cl)cc1)Cn1nc(NC(C)(C)C)sc1=S. The Hall–Kier alpha value is -1.15. The zero-order chi connectivity index (χ0) is 17.7. The van der Waals surface area contributed by atoms with E-state index in [1.54, 1.807) is 0 Å². The second kappa shape index (κ2) is 8.29. The minimum absolute atomic E-state index is 0.0320. The molecule has 0 aliphatic rings. The molecule has 2 aromatic rings. The number of hydrogen-bond acceptors (Lipinski definition) is 6. The van der Waals surface area contributed by atoms with Gasteiger partial charge in [-0.1, -0.05) is 22.9 Å². The van der Waals surface area contributed by atoms with Crippen molar-refractivity contribution in [3.05, 3.63) is 33.2 Å². The Kier molecular flexibility index (Phi) is 6.62. The molecule has 1 aromatic carbocycles. The Labute approximate surface area is 157 Å². The number of nitrogens with one attached hydrogen (secondary N) is 1. The van der Waals surface area contributed by atoms with Crippen LogP contribution in [-0.4, -0.2) is 40.4 Å². The fraction of sp³-hybridized carbons (Fsp3) is 0.500. The van der Waals surface area contributed by atoms with E-state index in [4.69, 9.17) is 28.6 Å². The first kappa shape index (κ1) is 19.2. The fourth-order valence-electron chi connectivity index (χ4n) is 1.92. The minimum Gasteiger partial charge on any atom is -0.492 e. The first-order chi connectivity index (χ1) is 11.2. The monoisotopic (exact) mass is 386 g/mol. The molecule has 0 radical (unpaired) electrons. The lowest BCUT2D eigenvalue weighted by Crippen LogP contribution is -2.28. The predicted molar refractivity (Wildman–Crippen MR) is 104 cm³/mol. The van der Waals surface area contributed by atoms with E-state index < -0.39 is 0 Å². The van der Waals surface area contributed by atoms with Crippen LogP contribution in [0.25, 0.3) is 0 Å². The molecule has 0 saturated carbocycles. The maximum atomic E-state index is 5.86. The summed E-state index contributed by atoms with van der Waals surface area (Å²) < 4.78 is 8.29. The maximum Gasteiger partial charge on any atom is 0.205 e. The summed E-state index contributed by atoms with van der Waals surface area (Å²) in [5.74, 6) is 0.815. The molecular formula is C16H23ClN4OS2. The molecule has 0 amide bonds. The first-order valence-corrected chi connectivity index (χ1v) is 9.26. The highest BCUT2D eigenvalue weighted by Crippen LogP contribution is 2.19. The summed E-state index contributed by atoms with van der Waals surface area (Å²) in [4.78, 5) is 2.12. The second-order valence-electron chi connectivity index (χ2n) is 6.57. The summed E-state index contributed by atoms with van der Waals surface area (Å²) in [6, 6.07) is 7.37. The Morgan fingerprint density at radius 2 is 2.00 bits per heavy atom. The van der Waals surface area contributed by atoms with Crippen LogP contribution in [-0.2, 0) is 6.67 Å². The van der Waals surface area contributed by atoms with Crippen LogP contribution in [0.15, 0.2) is 24.3 Å². The number of likely N-dealkylation sites (N-methyl/N-ethyl adjacent to an activating group) is 1. The van der Waals surface area contributed by atoms with E-state index in [0.29, 0.717) is 18.3 Å². The maximum absolute atomic E-state index is 5.86. The van der Waals surface area contributed by atoms with Gasteiger partial charge in [-0.3, -0.25) is 4.90 Å². The molecule has 24 heavy (non-hydrogen) atoms. The van der Waals surface area contributed by atoms with Crippen molar-refractivity contribution >= 4 is 40.3 Å². The van der Waals surface area contributed by atoms with Crippen LogP contribution in [0.2, 0.25) is 5.02 Å². The van der Waals surface area contributed by atoms with E-state index in [2.05, 4.69) is 36.1 Å². The average molecular weight is 387 g/mol. The van der Waals surface area contributed by atoms with E-state index >= 15 is 0 Å². The topological polar surface area (TPSA) is 42.3 Å². The number of aromatic nitrogens is 2. The largest absolute Gasteiger partial charge is 0.492 e. The molecule has 0 atom stereocenters. The number of benzene rings is 1. The number of anilines is 1. The van der Waals surface area contributed by atoms with Crippen LogP contribution >= 0.6 is 35.2 Å². The lowest BCUT2D eigenvalue weighted by Gasteiger charge is -2.19. The highest BCUT2D eigenvalue weighted by Gasteiger charge is 2.13. The van der Waals surface area contributed by atoms with Crippen LogP contribution in [0.4, 0.5) is 5.13 Å². The number of halogens is 1. The van der Waals surface area contributed by atoms with Crippen LogP contribution in [0.3, 0.4) is 0 Å². The van der Waals surface area contributed by atoms with Crippen LogP contribution in [0, 0.1) is 3.95 Å². The Morgan fingerprint density at radius 3 is 2.62 bits per heavy atom. The van der Waals surface area contributed by atoms with E-state index in [-0.39, 0.29) is 5.54 Å². The first-order valence-electron chi connectivity index (χ1n) is 7.66. The Morgan fingerprint density at radius 1 is 1.33 bits per heavy atom. The van der Waals surface area contributed by atoms with Crippen molar-refractivity contribution in [3.63, 3.8) is 0 Å². The highest BCUT2D eigenvalue weighted by atomic mass is 35.5. The predicted octanol–water partition coefficient (Wildman–Crippen LogP) is 4.51. The van der Waals surface area contributed by atoms with Gasteiger partial charge in [0.15, 0.2) is 3.95 Å². The number of ether oxygens (including phenoxy) is 1. The van der Waals surface area contributed by atoms with E-state index in [1.807, 2.05) is 36.0 Å². The van der Waals surface area contributed by atoms with Crippen LogP contribution in [0.1, 0.15) is 20.8 Å². The van der Waals surface area contributed by atoms with Gasteiger partial charge in [-0.05, 0) is 64.3 Å². The summed E-state index contributed by atoms with van der Waals surface area (Å²) in [5.41, 5.74) is -0.0320. The van der Waals surface area contributed by atoms with Crippen molar-refractivity contribution in [3.8, 4) is 5.75 Å². The van der Waals surface area contributed by atoms with Crippen molar-refractivity contribution in [1.29, 1.82) is 0 Å². The number of nitrogens with zero attached hydrogens (tertiary/aromatic N) is 3. The summed E-state index contributed by atoms with van der Waals surface area (Å²) in [5, 5.41) is 9.44. The standard InChI is InChI=1S/C16H23ClN4OS2/c1-16(2,3)18-14-19-21(15(23)24-14)11-20(4)9-10-22-13-7-5-12(17)6-8-13/h5-8H,9-11H2,1-4H3,(H,18,19). The molecule has 1 N–H and O–H groups in total. The van der Waals surface area contributed by atoms with Crippen molar-refractivity contribution in [2.45, 2.75) is 33.0 Å². The summed E-state index contributed by atoms with van der Waals surface area (Å²) in [6.07, 6.45) is 0. The molecule has 0 saturated heterocycles. The van der Waals surface area contributed by atoms with Crippen molar-refractivity contribution in [2.24, 2.45) is 0 Å². The molecule has 8 heteroatoms. The van der Waals surface area contributed by atoms with Gasteiger partial charge in [-0.2, -0.15) is 0 Å². The summed E-state index contributed by atoms with van der Waals surface area (Å²) in [7, 11) is 2.02. The van der Waals surface area contributed by atoms with E-state index in [0.717, 1.165) is 21.4 Å². The quantitative estimate of drug-likeness (QED) is 0.709. The summed E-state index contributed by atoms with van der Waals surface area (Å²) in [6.45, 7) is 8.28. The van der Waals surface area contributed by atoms with E-state index in [1.165, 1.54) is 11.3 Å². The van der Waals surface area contributed by atoms with Crippen molar-refractivity contribution < 1.29 is 4.74 Å². The van der Waals surface area contributed by atoms with Gasteiger partial charge < -0.3 is 10.1 Å². The van der Waals surface area contributed by atoms with Crippen molar-refractivity contribution in [1.82, 2.24) is 14.7 Å². The molecule has 0 bridgehead atoms. The van der Waals surface area contributed by atoms with E-state index in [9.17, 15) is 0 Å². The third-order valence-corrected chi connectivity index (χ3v) is 4.49. The molecule has 0 unspecified atom stereocenters. The molecule has 0 spiro atoms. The molecule has 0 aliphatic heterocycles. The second-order valence-corrected chi connectivity index (χ2v) is 8.63. The lowest BCUT2D eigenvalue weighted by molar-refractivity contribution is 0.198. The smallest absolute Gasteiger partial charge is 0.205 e. The van der Waals surface area contributed by atoms with Gasteiger partial charge in [-0.15, -0.1) is 5.10 Å². The van der Waals surface area contributed by atoms with Crippen LogP contribution in [0.5, 0.6) is 5.75 Å². The van der Waals surface area contributed by atoms with Crippen LogP contribution < -0.4 is 10.1 Å². The molecule has 1 heterocycles. The normalized spacial score (nSPS) is 11.8. The zero-order valence-corrected chi connectivity index (χ0v) is 16.8. The van der Waals surface area contributed by atoms with Gasteiger partial charge in [0, 0.05) is 17.1 Å². The molecule has 1 aromatic heterocycles. The molecular weight excluding hydrogens is 364 g/mol. The minimum atomic E-state index is -0.0320. The molecule has 0 aliphatic carbocycles. The molecule has 0 fully saturated rings. The van der Waals surface area contributed by atoms with Gasteiger partial charge in [0.2, 0.25) is 5.13 Å². The van der Waals surface area contributed by atoms with Gasteiger partial charge >= 0.3 is 0 Å².